The van der Waals surface area contributed by atoms with E-state index in [1.807, 2.05) is 6.92 Å². The molecule has 0 saturated carbocycles. The van der Waals surface area contributed by atoms with E-state index in [2.05, 4.69) is 20.7 Å². The number of rotatable bonds is 5. The summed E-state index contributed by atoms with van der Waals surface area (Å²) in [4.78, 5) is 0.0331. The van der Waals surface area contributed by atoms with Gasteiger partial charge in [-0.1, -0.05) is 15.9 Å². The van der Waals surface area contributed by atoms with Crippen LogP contribution in [-0.2, 0) is 10.0 Å². The zero-order chi connectivity index (χ0) is 15.5. The molecule has 2 aromatic carbocycles. The van der Waals surface area contributed by atoms with Gasteiger partial charge in [0, 0.05) is 10.2 Å². The lowest BCUT2D eigenvalue weighted by Gasteiger charge is -2.11. The third kappa shape index (κ3) is 3.89. The van der Waals surface area contributed by atoms with E-state index in [1.54, 1.807) is 30.3 Å². The van der Waals surface area contributed by atoms with Crippen molar-refractivity contribution >= 4 is 37.3 Å². The predicted molar refractivity (Wildman–Crippen MR) is 87.0 cm³/mol. The minimum Gasteiger partial charge on any atom is -0.494 e. The average Bonchev–Trinajstić information content (AvgIpc) is 2.43. The van der Waals surface area contributed by atoms with E-state index < -0.39 is 10.0 Å². The quantitative estimate of drug-likeness (QED) is 0.791. The Bertz CT molecular complexity index is 730. The van der Waals surface area contributed by atoms with Crippen molar-refractivity contribution in [2.24, 2.45) is 0 Å². The largest absolute Gasteiger partial charge is 0.494 e. The number of anilines is 2. The summed E-state index contributed by atoms with van der Waals surface area (Å²) in [5.74, 6) is 0.683. The van der Waals surface area contributed by atoms with Gasteiger partial charge in [0.1, 0.15) is 10.6 Å². The van der Waals surface area contributed by atoms with Crippen molar-refractivity contribution in [2.45, 2.75) is 11.8 Å². The number of hydrogen-bond acceptors (Lipinski definition) is 4. The number of benzene rings is 2. The highest BCUT2D eigenvalue weighted by Gasteiger charge is 2.18. The minimum absolute atomic E-state index is 0.0331. The van der Waals surface area contributed by atoms with Crippen molar-refractivity contribution < 1.29 is 13.2 Å². The summed E-state index contributed by atoms with van der Waals surface area (Å²) >= 11 is 3.24. The molecule has 2 aromatic rings. The second-order valence-electron chi connectivity index (χ2n) is 4.25. The highest BCUT2D eigenvalue weighted by atomic mass is 79.9. The van der Waals surface area contributed by atoms with Crippen LogP contribution in [-0.4, -0.2) is 15.0 Å². The highest BCUT2D eigenvalue weighted by Crippen LogP contribution is 2.25. The van der Waals surface area contributed by atoms with Gasteiger partial charge in [-0.25, -0.2) is 8.42 Å². The Labute approximate surface area is 132 Å². The first kappa shape index (κ1) is 15.7. The number of nitrogen functional groups attached to an aromatic ring is 1. The molecule has 2 rings (SSSR count). The molecule has 0 radical (unpaired) electrons. The summed E-state index contributed by atoms with van der Waals surface area (Å²) in [6.07, 6.45) is 0. The van der Waals surface area contributed by atoms with Gasteiger partial charge in [0.05, 0.1) is 12.3 Å². The zero-order valence-electron chi connectivity index (χ0n) is 11.3. The van der Waals surface area contributed by atoms with Crippen LogP contribution in [0.15, 0.2) is 51.8 Å². The molecule has 0 heterocycles. The van der Waals surface area contributed by atoms with E-state index in [-0.39, 0.29) is 10.6 Å². The van der Waals surface area contributed by atoms with Gasteiger partial charge in [0.25, 0.3) is 10.0 Å². The second-order valence-corrected chi connectivity index (χ2v) is 6.81. The molecule has 0 unspecified atom stereocenters. The number of sulfonamides is 1. The number of halogens is 1. The van der Waals surface area contributed by atoms with E-state index in [1.165, 1.54) is 12.1 Å². The van der Waals surface area contributed by atoms with E-state index in [9.17, 15) is 8.42 Å². The smallest absolute Gasteiger partial charge is 0.263 e. The Hall–Kier alpha value is -1.73. The third-order valence-corrected chi connectivity index (χ3v) is 4.61. The van der Waals surface area contributed by atoms with Crippen molar-refractivity contribution in [1.82, 2.24) is 0 Å². The molecule has 0 aliphatic carbocycles. The van der Waals surface area contributed by atoms with Crippen molar-refractivity contribution in [3.8, 4) is 5.75 Å². The molecule has 0 aliphatic heterocycles. The van der Waals surface area contributed by atoms with Gasteiger partial charge < -0.3 is 10.5 Å². The third-order valence-electron chi connectivity index (χ3n) is 2.68. The number of hydrogen-bond donors (Lipinski definition) is 2. The maximum Gasteiger partial charge on any atom is 0.263 e. The molecule has 5 nitrogen and oxygen atoms in total. The van der Waals surface area contributed by atoms with E-state index >= 15 is 0 Å². The molecule has 0 fully saturated rings. The molecular weight excluding hydrogens is 356 g/mol. The summed E-state index contributed by atoms with van der Waals surface area (Å²) in [7, 11) is -3.74. The standard InChI is InChI=1S/C14H15BrN2O3S/c1-2-20-12-6-4-11(5-7-12)17-21(18,19)14-9-10(15)3-8-13(14)16/h3-9,17H,2,16H2,1H3. The Morgan fingerprint density at radius 3 is 2.48 bits per heavy atom. The summed E-state index contributed by atoms with van der Waals surface area (Å²) in [5, 5.41) is 0. The normalized spacial score (nSPS) is 11.1. The van der Waals surface area contributed by atoms with Gasteiger partial charge in [0.2, 0.25) is 0 Å². The first-order valence-corrected chi connectivity index (χ1v) is 8.50. The number of nitrogens with one attached hydrogen (secondary N) is 1. The van der Waals surface area contributed by atoms with Crippen LogP contribution in [0.3, 0.4) is 0 Å². The number of nitrogens with two attached hydrogens (primary N) is 1. The SMILES string of the molecule is CCOc1ccc(NS(=O)(=O)c2cc(Br)ccc2N)cc1. The first-order valence-electron chi connectivity index (χ1n) is 6.23. The lowest BCUT2D eigenvalue weighted by atomic mass is 10.3. The lowest BCUT2D eigenvalue weighted by Crippen LogP contribution is -2.14. The van der Waals surface area contributed by atoms with Gasteiger partial charge in [-0.3, -0.25) is 4.72 Å². The summed E-state index contributed by atoms with van der Waals surface area (Å²) in [5.41, 5.74) is 6.37. The first-order chi connectivity index (χ1) is 9.92. The molecule has 112 valence electrons. The molecule has 21 heavy (non-hydrogen) atoms. The molecule has 3 N–H and O–H groups in total. The fourth-order valence-corrected chi connectivity index (χ4v) is 3.47. The monoisotopic (exact) mass is 370 g/mol. The highest BCUT2D eigenvalue weighted by molar-refractivity contribution is 9.10. The van der Waals surface area contributed by atoms with Gasteiger partial charge in [-0.15, -0.1) is 0 Å². The Balaban J connectivity index is 2.26. The van der Waals surface area contributed by atoms with Crippen molar-refractivity contribution in [2.75, 3.05) is 17.1 Å². The van der Waals surface area contributed by atoms with Crippen LogP contribution < -0.4 is 15.2 Å². The Morgan fingerprint density at radius 1 is 1.19 bits per heavy atom. The van der Waals surface area contributed by atoms with E-state index in [0.717, 1.165) is 0 Å². The Kier molecular flexibility index (Phi) is 4.74. The minimum atomic E-state index is -3.74. The molecule has 7 heteroatoms. The van der Waals surface area contributed by atoms with Gasteiger partial charge in [-0.05, 0) is 49.4 Å². The summed E-state index contributed by atoms with van der Waals surface area (Å²) in [6, 6.07) is 11.4. The van der Waals surface area contributed by atoms with Crippen LogP contribution in [0.25, 0.3) is 0 Å². The molecule has 0 bridgehead atoms. The molecule has 0 amide bonds. The van der Waals surface area contributed by atoms with Crippen molar-refractivity contribution in [3.05, 3.63) is 46.9 Å². The number of ether oxygens (including phenoxy) is 1. The second kappa shape index (κ2) is 6.36. The predicted octanol–water partition coefficient (Wildman–Crippen LogP) is 3.23. The van der Waals surface area contributed by atoms with E-state index in [4.69, 9.17) is 10.5 Å². The van der Waals surface area contributed by atoms with Crippen LogP contribution >= 0.6 is 15.9 Å². The van der Waals surface area contributed by atoms with Crippen molar-refractivity contribution in [3.63, 3.8) is 0 Å². The molecular formula is C14H15BrN2O3S. The zero-order valence-corrected chi connectivity index (χ0v) is 13.7. The van der Waals surface area contributed by atoms with Gasteiger partial charge >= 0.3 is 0 Å². The van der Waals surface area contributed by atoms with E-state index in [0.29, 0.717) is 22.5 Å². The van der Waals surface area contributed by atoms with Crippen LogP contribution in [0.4, 0.5) is 11.4 Å². The van der Waals surface area contributed by atoms with Crippen molar-refractivity contribution in [1.29, 1.82) is 0 Å². The molecule has 0 saturated heterocycles. The maximum absolute atomic E-state index is 12.3. The average molecular weight is 371 g/mol. The summed E-state index contributed by atoms with van der Waals surface area (Å²) < 4.78 is 33.1. The van der Waals surface area contributed by atoms with Gasteiger partial charge in [-0.2, -0.15) is 0 Å². The van der Waals surface area contributed by atoms with Crippen LogP contribution in [0.5, 0.6) is 5.75 Å². The summed E-state index contributed by atoms with van der Waals surface area (Å²) in [6.45, 7) is 2.44. The lowest BCUT2D eigenvalue weighted by molar-refractivity contribution is 0.340. The van der Waals surface area contributed by atoms with Gasteiger partial charge in [0.15, 0.2) is 0 Å². The van der Waals surface area contributed by atoms with Crippen LogP contribution in [0, 0.1) is 0 Å². The Morgan fingerprint density at radius 2 is 1.86 bits per heavy atom. The van der Waals surface area contributed by atoms with Crippen LogP contribution in [0.2, 0.25) is 0 Å². The fraction of sp³-hybridized carbons (Fsp3) is 0.143. The molecule has 0 aliphatic rings. The molecule has 0 spiro atoms. The topological polar surface area (TPSA) is 81.4 Å². The molecule has 0 atom stereocenters. The van der Waals surface area contributed by atoms with Crippen LogP contribution in [0.1, 0.15) is 6.92 Å². The molecule has 0 aromatic heterocycles. The fourth-order valence-electron chi connectivity index (χ4n) is 1.74. The maximum atomic E-state index is 12.3.